The summed E-state index contributed by atoms with van der Waals surface area (Å²) in [4.78, 5) is -0.0292. The van der Waals surface area contributed by atoms with Crippen molar-refractivity contribution in [3.63, 3.8) is 0 Å². The van der Waals surface area contributed by atoms with Crippen LogP contribution in [-0.4, -0.2) is 40.1 Å². The van der Waals surface area contributed by atoms with Crippen LogP contribution in [0.1, 0.15) is 5.56 Å². The zero-order chi connectivity index (χ0) is 21.8. The van der Waals surface area contributed by atoms with E-state index < -0.39 is 10.0 Å². The Labute approximate surface area is 178 Å². The fourth-order valence-electron chi connectivity index (χ4n) is 3.20. The predicted octanol–water partition coefficient (Wildman–Crippen LogP) is 2.66. The highest BCUT2D eigenvalue weighted by molar-refractivity contribution is 7.92. The molecule has 0 atom stereocenters. The number of allylic oxidation sites excluding steroid dienone is 1. The van der Waals surface area contributed by atoms with Gasteiger partial charge >= 0.3 is 0 Å². The molecule has 0 spiro atoms. The van der Waals surface area contributed by atoms with Gasteiger partial charge in [-0.2, -0.15) is 0 Å². The average molecular weight is 444 g/mol. The number of rotatable bonds is 8. The third-order valence-corrected chi connectivity index (χ3v) is 5.90. The number of nitrogens with zero attached hydrogens (tertiary/aromatic N) is 1. The highest BCUT2D eigenvalue weighted by atomic mass is 32.2. The van der Waals surface area contributed by atoms with E-state index in [4.69, 9.17) is 24.1 Å². The minimum atomic E-state index is -4.01. The van der Waals surface area contributed by atoms with Crippen LogP contribution >= 0.6 is 0 Å². The quantitative estimate of drug-likeness (QED) is 0.451. The number of methoxy groups -OCH3 is 1. The van der Waals surface area contributed by atoms with Crippen molar-refractivity contribution in [1.29, 1.82) is 5.41 Å². The first-order chi connectivity index (χ1) is 15.0. The second-order valence-electron chi connectivity index (χ2n) is 6.46. The van der Waals surface area contributed by atoms with E-state index in [0.717, 1.165) is 11.8 Å². The molecule has 0 saturated carbocycles. The van der Waals surface area contributed by atoms with E-state index in [1.807, 2.05) is 0 Å². The van der Waals surface area contributed by atoms with E-state index in [9.17, 15) is 8.42 Å². The van der Waals surface area contributed by atoms with Gasteiger partial charge in [-0.15, -0.1) is 0 Å². The molecule has 10 nitrogen and oxygen atoms in total. The third kappa shape index (κ3) is 3.99. The van der Waals surface area contributed by atoms with Crippen LogP contribution in [0.5, 0.6) is 17.2 Å². The van der Waals surface area contributed by atoms with E-state index in [1.165, 1.54) is 13.2 Å². The fourth-order valence-corrected chi connectivity index (χ4v) is 4.37. The average Bonchev–Trinajstić information content (AvgIpc) is 3.18. The fraction of sp³-hybridized carbons (Fsp3) is 0.200. The van der Waals surface area contributed by atoms with Gasteiger partial charge in [0, 0.05) is 18.3 Å². The first-order valence-electron chi connectivity index (χ1n) is 9.31. The van der Waals surface area contributed by atoms with Gasteiger partial charge in [0.25, 0.3) is 10.0 Å². The number of nitrogens with one attached hydrogen (secondary N) is 3. The summed E-state index contributed by atoms with van der Waals surface area (Å²) in [5, 5.41) is 14.3. The van der Waals surface area contributed by atoms with Gasteiger partial charge in [0.15, 0.2) is 22.9 Å². The number of anilines is 1. The van der Waals surface area contributed by atoms with Crippen molar-refractivity contribution in [2.45, 2.75) is 11.4 Å². The Morgan fingerprint density at radius 3 is 2.77 bits per heavy atom. The molecule has 2 heterocycles. The number of benzene rings is 2. The van der Waals surface area contributed by atoms with E-state index in [2.05, 4.69) is 15.2 Å². The number of para-hydroxylation sites is 1. The third-order valence-electron chi connectivity index (χ3n) is 4.52. The number of aromatic nitrogens is 1. The predicted molar refractivity (Wildman–Crippen MR) is 114 cm³/mol. The Morgan fingerprint density at radius 2 is 2.00 bits per heavy atom. The van der Waals surface area contributed by atoms with Crippen molar-refractivity contribution in [1.82, 2.24) is 10.5 Å². The second-order valence-corrected chi connectivity index (χ2v) is 8.11. The molecular weight excluding hydrogens is 424 g/mol. The SMILES string of the molecule is COc1ccccc1S(=O)(=O)Nc1noc2cc(CN/C=C\C=N)c3c(c12)OCCO3. The van der Waals surface area contributed by atoms with Gasteiger partial charge in [-0.1, -0.05) is 17.3 Å². The lowest BCUT2D eigenvalue weighted by Crippen LogP contribution is -2.19. The van der Waals surface area contributed by atoms with E-state index in [0.29, 0.717) is 42.2 Å². The molecular formula is C20H20N4O6S. The van der Waals surface area contributed by atoms with Crippen LogP contribution in [0.2, 0.25) is 0 Å². The van der Waals surface area contributed by atoms with Crippen LogP contribution in [-0.2, 0) is 16.6 Å². The Bertz CT molecular complexity index is 1250. The van der Waals surface area contributed by atoms with Crippen LogP contribution in [0.4, 0.5) is 5.82 Å². The first kappa shape index (κ1) is 20.5. The van der Waals surface area contributed by atoms with Crippen molar-refractivity contribution >= 4 is 33.0 Å². The van der Waals surface area contributed by atoms with Crippen LogP contribution in [0.3, 0.4) is 0 Å². The molecule has 0 bridgehead atoms. The minimum absolute atomic E-state index is 0.00846. The molecule has 1 aromatic heterocycles. The second kappa shape index (κ2) is 8.56. The maximum absolute atomic E-state index is 13.0. The number of ether oxygens (including phenoxy) is 3. The maximum atomic E-state index is 13.0. The van der Waals surface area contributed by atoms with E-state index >= 15 is 0 Å². The Morgan fingerprint density at radius 1 is 1.23 bits per heavy atom. The highest BCUT2D eigenvalue weighted by Crippen LogP contribution is 2.44. The summed E-state index contributed by atoms with van der Waals surface area (Å²) >= 11 is 0. The summed E-state index contributed by atoms with van der Waals surface area (Å²) in [5.41, 5.74) is 1.09. The van der Waals surface area contributed by atoms with Crippen LogP contribution < -0.4 is 24.2 Å². The number of hydrogen-bond donors (Lipinski definition) is 3. The number of sulfonamides is 1. The normalized spacial score (nSPS) is 13.3. The van der Waals surface area contributed by atoms with Crippen molar-refractivity contribution in [2.75, 3.05) is 25.0 Å². The molecule has 0 saturated heterocycles. The molecule has 162 valence electrons. The molecule has 3 N–H and O–H groups in total. The van der Waals surface area contributed by atoms with Gasteiger partial charge in [0.05, 0.1) is 7.11 Å². The largest absolute Gasteiger partial charge is 0.495 e. The summed E-state index contributed by atoms with van der Waals surface area (Å²) in [5.74, 6) is 1.03. The van der Waals surface area contributed by atoms with Crippen molar-refractivity contribution in [3.8, 4) is 17.2 Å². The van der Waals surface area contributed by atoms with Crippen molar-refractivity contribution in [2.24, 2.45) is 0 Å². The minimum Gasteiger partial charge on any atom is -0.495 e. The summed E-state index contributed by atoms with van der Waals surface area (Å²) in [6.07, 6.45) is 4.32. The Hall–Kier alpha value is -3.73. The van der Waals surface area contributed by atoms with Gasteiger partial charge in [-0.25, -0.2) is 8.42 Å². The van der Waals surface area contributed by atoms with Crippen LogP contribution in [0, 0.1) is 5.41 Å². The van der Waals surface area contributed by atoms with Crippen molar-refractivity contribution in [3.05, 3.63) is 48.2 Å². The van der Waals surface area contributed by atoms with Gasteiger partial charge in [-0.3, -0.25) is 4.72 Å². The summed E-state index contributed by atoms with van der Waals surface area (Å²) < 4.78 is 50.6. The van der Waals surface area contributed by atoms with Gasteiger partial charge in [-0.05, 0) is 30.5 Å². The zero-order valence-electron chi connectivity index (χ0n) is 16.5. The summed E-state index contributed by atoms with van der Waals surface area (Å²) in [7, 11) is -2.61. The number of fused-ring (bicyclic) bond motifs is 3. The van der Waals surface area contributed by atoms with E-state index in [1.54, 1.807) is 36.5 Å². The van der Waals surface area contributed by atoms with Crippen molar-refractivity contribution < 1.29 is 27.2 Å². The lowest BCUT2D eigenvalue weighted by Gasteiger charge is -2.22. The molecule has 0 aliphatic carbocycles. The smallest absolute Gasteiger partial charge is 0.266 e. The molecule has 4 rings (SSSR count). The molecule has 2 aromatic carbocycles. The van der Waals surface area contributed by atoms with Crippen LogP contribution in [0.25, 0.3) is 11.0 Å². The molecule has 0 radical (unpaired) electrons. The monoisotopic (exact) mass is 444 g/mol. The molecule has 3 aromatic rings. The topological polar surface area (TPSA) is 136 Å². The lowest BCUT2D eigenvalue weighted by atomic mass is 10.1. The molecule has 0 unspecified atom stereocenters. The van der Waals surface area contributed by atoms with E-state index in [-0.39, 0.29) is 16.5 Å². The molecule has 31 heavy (non-hydrogen) atoms. The van der Waals surface area contributed by atoms with Crippen LogP contribution in [0.15, 0.2) is 52.0 Å². The lowest BCUT2D eigenvalue weighted by molar-refractivity contribution is 0.172. The summed E-state index contributed by atoms with van der Waals surface area (Å²) in [6, 6.07) is 7.98. The van der Waals surface area contributed by atoms with Gasteiger partial charge in [0.2, 0.25) is 0 Å². The molecule has 0 amide bonds. The van der Waals surface area contributed by atoms with Gasteiger partial charge < -0.3 is 29.5 Å². The molecule has 11 heteroatoms. The molecule has 0 fully saturated rings. The zero-order valence-corrected chi connectivity index (χ0v) is 17.4. The van der Waals surface area contributed by atoms with Gasteiger partial charge in [0.1, 0.15) is 29.2 Å². The molecule has 1 aliphatic heterocycles. The Balaban J connectivity index is 1.75. The highest BCUT2D eigenvalue weighted by Gasteiger charge is 2.28. The molecule has 1 aliphatic rings. The first-order valence-corrected chi connectivity index (χ1v) is 10.8. The number of hydrogen-bond acceptors (Lipinski definition) is 9. The Kier molecular flexibility index (Phi) is 5.67. The standard InChI is InChI=1S/C20H20N4O6S/c1-27-14-5-2-3-6-16(14)31(25,26)24-20-17-15(30-23-20)11-13(12-22-8-4-7-21)18-19(17)29-10-9-28-18/h2-8,11,21-22H,9-10,12H2,1H3,(H,23,24)/b8-4-,21-7?. The maximum Gasteiger partial charge on any atom is 0.266 e. The summed E-state index contributed by atoms with van der Waals surface area (Å²) in [6.45, 7) is 1.04.